The number of aliphatic carboxylic acids is 1. The first-order chi connectivity index (χ1) is 23.4. The van der Waals surface area contributed by atoms with Crippen molar-refractivity contribution in [3.63, 3.8) is 0 Å². The minimum absolute atomic E-state index is 0.172. The predicted octanol–water partition coefficient (Wildman–Crippen LogP) is 7.36. The van der Waals surface area contributed by atoms with Gasteiger partial charge in [0.15, 0.2) is 11.5 Å². The number of hydrogen-bond acceptors (Lipinski definition) is 9. The van der Waals surface area contributed by atoms with Gasteiger partial charge in [-0.1, -0.05) is 48.0 Å². The largest absolute Gasteiger partial charge is 0.488 e. The maximum Gasteiger partial charge on any atom is 0.321 e. The molecule has 2 N–H and O–H groups in total. The Morgan fingerprint density at radius 2 is 1.83 bits per heavy atom. The highest BCUT2D eigenvalue weighted by Gasteiger charge is 2.21. The molecule has 11 heteroatoms. The minimum atomic E-state index is -0.987. The van der Waals surface area contributed by atoms with E-state index < -0.39 is 12.0 Å². The Kier molecular flexibility index (Phi) is 10.4. The van der Waals surface area contributed by atoms with Crippen molar-refractivity contribution in [2.45, 2.75) is 39.1 Å². The van der Waals surface area contributed by atoms with Gasteiger partial charge < -0.3 is 24.1 Å². The van der Waals surface area contributed by atoms with E-state index in [1.54, 1.807) is 35.8 Å². The molecule has 0 saturated carbocycles. The van der Waals surface area contributed by atoms with Gasteiger partial charge in [0.25, 0.3) is 0 Å². The highest BCUT2D eigenvalue weighted by atomic mass is 35.5. The lowest BCUT2D eigenvalue weighted by Gasteiger charge is -2.20. The molecule has 0 aliphatic carbocycles. The van der Waals surface area contributed by atoms with Crippen LogP contribution in [0.2, 0.25) is 5.02 Å². The van der Waals surface area contributed by atoms with E-state index in [1.807, 2.05) is 41.8 Å². The van der Waals surface area contributed by atoms with Gasteiger partial charge in [-0.25, -0.2) is 4.98 Å². The number of thiazole rings is 1. The summed E-state index contributed by atoms with van der Waals surface area (Å²) in [7, 11) is 0. The van der Waals surface area contributed by atoms with Crippen LogP contribution in [0.25, 0.3) is 11.1 Å². The van der Waals surface area contributed by atoms with E-state index in [4.69, 9.17) is 30.5 Å². The molecular formula is C37H32ClN3O6S. The molecule has 4 aromatic carbocycles. The number of rotatable bonds is 13. The number of carboxylic acids is 1. The summed E-state index contributed by atoms with van der Waals surface area (Å²) in [6, 6.07) is 23.9. The number of nitrogens with one attached hydrogen (secondary N) is 1. The SMILES string of the molecule is Cc1c(COc2cc(OCc3cccc(C#N)c3)c(CNC(Cc3cscn3)C(=O)O)cc2Cl)cccc1-c1ccc2c(c1)OCCO2. The quantitative estimate of drug-likeness (QED) is 0.131. The van der Waals surface area contributed by atoms with E-state index in [1.165, 1.54) is 11.3 Å². The lowest BCUT2D eigenvalue weighted by atomic mass is 9.96. The maximum atomic E-state index is 12.0. The summed E-state index contributed by atoms with van der Waals surface area (Å²) in [6.07, 6.45) is 0.232. The van der Waals surface area contributed by atoms with Gasteiger partial charge in [-0.2, -0.15) is 5.26 Å². The van der Waals surface area contributed by atoms with Gasteiger partial charge in [-0.15, -0.1) is 11.3 Å². The third kappa shape index (κ3) is 7.89. The van der Waals surface area contributed by atoms with E-state index in [0.717, 1.165) is 39.3 Å². The molecule has 2 heterocycles. The Morgan fingerprint density at radius 1 is 1.02 bits per heavy atom. The van der Waals surface area contributed by atoms with E-state index in [9.17, 15) is 15.2 Å². The van der Waals surface area contributed by atoms with Crippen LogP contribution in [-0.4, -0.2) is 35.3 Å². The second-order valence-corrected chi connectivity index (χ2v) is 12.3. The Labute approximate surface area is 287 Å². The van der Waals surface area contributed by atoms with Crippen LogP contribution in [0.1, 0.15) is 33.5 Å². The molecule has 244 valence electrons. The minimum Gasteiger partial charge on any atom is -0.488 e. The van der Waals surface area contributed by atoms with Gasteiger partial charge in [-0.3, -0.25) is 10.1 Å². The Hall–Kier alpha value is -5.08. The maximum absolute atomic E-state index is 12.0. The second-order valence-electron chi connectivity index (χ2n) is 11.2. The van der Waals surface area contributed by atoms with E-state index in [-0.39, 0.29) is 26.2 Å². The molecule has 6 rings (SSSR count). The van der Waals surface area contributed by atoms with Gasteiger partial charge in [-0.05, 0) is 65.1 Å². The van der Waals surface area contributed by atoms with Gasteiger partial charge in [0.05, 0.1) is 27.9 Å². The lowest BCUT2D eigenvalue weighted by Crippen LogP contribution is -2.38. The third-order valence-corrected chi connectivity index (χ3v) is 8.91. The summed E-state index contributed by atoms with van der Waals surface area (Å²) < 4.78 is 24.0. The molecule has 5 aromatic rings. The van der Waals surface area contributed by atoms with Crippen LogP contribution in [0.15, 0.2) is 83.7 Å². The van der Waals surface area contributed by atoms with E-state index in [0.29, 0.717) is 46.6 Å². The number of halogens is 1. The van der Waals surface area contributed by atoms with Crippen molar-refractivity contribution < 1.29 is 28.8 Å². The zero-order valence-electron chi connectivity index (χ0n) is 26.1. The standard InChI is InChI=1S/C37H32ClN3O6S/c1-23-27(6-3-7-30(23)26-8-9-33-36(14-26)45-11-10-44-33)20-47-35-16-34(46-19-25-5-2-4-24(12-25)17-39)28(13-31(35)38)18-40-32(37(42)43)15-29-21-48-22-41-29/h2-9,12-14,16,21-22,32,40H,10-11,15,18-20H2,1H3,(H,42,43). The molecule has 0 radical (unpaired) electrons. The monoisotopic (exact) mass is 681 g/mol. The molecule has 0 spiro atoms. The van der Waals surface area contributed by atoms with E-state index in [2.05, 4.69) is 29.4 Å². The van der Waals surface area contributed by atoms with Crippen molar-refractivity contribution in [1.29, 1.82) is 5.26 Å². The number of benzene rings is 4. The molecule has 1 aromatic heterocycles. The first kappa shape index (κ1) is 32.8. The number of hydrogen-bond donors (Lipinski definition) is 2. The predicted molar refractivity (Wildman–Crippen MR) is 183 cm³/mol. The molecule has 0 fully saturated rings. The Balaban J connectivity index is 1.23. The van der Waals surface area contributed by atoms with Crippen LogP contribution in [0.3, 0.4) is 0 Å². The summed E-state index contributed by atoms with van der Waals surface area (Å²) in [5, 5.41) is 24.5. The molecule has 0 amide bonds. The first-order valence-corrected chi connectivity index (χ1v) is 16.6. The molecule has 0 bridgehead atoms. The number of carbonyl (C=O) groups is 1. The topological polar surface area (TPSA) is 123 Å². The zero-order chi connectivity index (χ0) is 33.5. The smallest absolute Gasteiger partial charge is 0.321 e. The average Bonchev–Trinajstić information content (AvgIpc) is 3.62. The van der Waals surface area contributed by atoms with Crippen LogP contribution < -0.4 is 24.3 Å². The van der Waals surface area contributed by atoms with Crippen LogP contribution in [0.4, 0.5) is 0 Å². The van der Waals surface area contributed by atoms with Crippen molar-refractivity contribution in [2.24, 2.45) is 0 Å². The third-order valence-electron chi connectivity index (χ3n) is 7.98. The second kappa shape index (κ2) is 15.2. The van der Waals surface area contributed by atoms with E-state index >= 15 is 0 Å². The molecule has 1 unspecified atom stereocenters. The molecule has 1 aliphatic heterocycles. The normalized spacial score (nSPS) is 12.6. The fourth-order valence-corrected chi connectivity index (χ4v) is 6.21. The Bertz CT molecular complexity index is 1960. The van der Waals surface area contributed by atoms with Crippen molar-refractivity contribution in [2.75, 3.05) is 13.2 Å². The molecule has 0 saturated heterocycles. The summed E-state index contributed by atoms with van der Waals surface area (Å²) >= 11 is 8.17. The lowest BCUT2D eigenvalue weighted by molar-refractivity contribution is -0.139. The summed E-state index contributed by atoms with van der Waals surface area (Å²) in [5.41, 5.74) is 8.46. The Morgan fingerprint density at radius 3 is 2.62 bits per heavy atom. The zero-order valence-corrected chi connectivity index (χ0v) is 27.6. The number of nitrogens with zero attached hydrogens (tertiary/aromatic N) is 2. The highest BCUT2D eigenvalue weighted by molar-refractivity contribution is 7.07. The summed E-state index contributed by atoms with van der Waals surface area (Å²) in [6.45, 7) is 3.71. The number of aromatic nitrogens is 1. The molecular weight excluding hydrogens is 650 g/mol. The van der Waals surface area contributed by atoms with Gasteiger partial charge in [0, 0.05) is 30.0 Å². The first-order valence-electron chi connectivity index (χ1n) is 15.3. The number of carboxylic acid groups (broad SMARTS) is 1. The molecule has 48 heavy (non-hydrogen) atoms. The average molecular weight is 682 g/mol. The van der Waals surface area contributed by atoms with Crippen LogP contribution in [0, 0.1) is 18.3 Å². The van der Waals surface area contributed by atoms with Crippen molar-refractivity contribution in [3.8, 4) is 40.2 Å². The van der Waals surface area contributed by atoms with Gasteiger partial charge in [0.1, 0.15) is 44.0 Å². The van der Waals surface area contributed by atoms with Crippen LogP contribution >= 0.6 is 22.9 Å². The summed E-state index contributed by atoms with van der Waals surface area (Å²) in [4.78, 5) is 16.3. The number of nitriles is 1. The van der Waals surface area contributed by atoms with Crippen molar-refractivity contribution in [1.82, 2.24) is 10.3 Å². The van der Waals surface area contributed by atoms with Gasteiger partial charge in [0.2, 0.25) is 0 Å². The number of ether oxygens (including phenoxy) is 4. The van der Waals surface area contributed by atoms with Crippen LogP contribution in [-0.2, 0) is 31.0 Å². The van der Waals surface area contributed by atoms with Crippen LogP contribution in [0.5, 0.6) is 23.0 Å². The fraction of sp³-hybridized carbons (Fsp3) is 0.216. The summed E-state index contributed by atoms with van der Waals surface area (Å²) in [5.74, 6) is 1.38. The molecule has 9 nitrogen and oxygen atoms in total. The van der Waals surface area contributed by atoms with Crippen molar-refractivity contribution >= 4 is 28.9 Å². The highest BCUT2D eigenvalue weighted by Crippen LogP contribution is 2.37. The number of fused-ring (bicyclic) bond motifs is 1. The fourth-order valence-electron chi connectivity index (χ4n) is 5.40. The molecule has 1 aliphatic rings. The van der Waals surface area contributed by atoms with Crippen molar-refractivity contribution in [3.05, 3.63) is 122 Å². The molecule has 1 atom stereocenters. The van der Waals surface area contributed by atoms with Gasteiger partial charge >= 0.3 is 5.97 Å².